The highest BCUT2D eigenvalue weighted by Crippen LogP contribution is 2.38. The maximum Gasteiger partial charge on any atom is 0.0462 e. The van der Waals surface area contributed by atoms with Crippen LogP contribution in [0, 0.1) is 0 Å². The van der Waals surface area contributed by atoms with Gasteiger partial charge in [0, 0.05) is 34.1 Å². The summed E-state index contributed by atoms with van der Waals surface area (Å²) in [5.41, 5.74) is 11.6. The molecule has 48 heavy (non-hydrogen) atoms. The van der Waals surface area contributed by atoms with Gasteiger partial charge in [-0.15, -0.1) is 0 Å². The number of para-hydroxylation sites is 4. The van der Waals surface area contributed by atoms with Crippen molar-refractivity contribution < 1.29 is 0 Å². The second kappa shape index (κ2) is 13.2. The van der Waals surface area contributed by atoms with Gasteiger partial charge >= 0.3 is 0 Å². The molecule has 0 atom stereocenters. The Hall–Kier alpha value is -6.38. The van der Waals surface area contributed by atoms with E-state index in [4.69, 9.17) is 0 Å². The Morgan fingerprint density at radius 3 is 1.06 bits per heavy atom. The fraction of sp³-hybridized carbons (Fsp3) is 0. The number of anilines is 6. The third kappa shape index (κ3) is 5.84. The summed E-state index contributed by atoms with van der Waals surface area (Å²) in [5, 5.41) is 2.47. The summed E-state index contributed by atoms with van der Waals surface area (Å²) in [6.07, 6.45) is 0. The molecule has 0 spiro atoms. The first-order valence-electron chi connectivity index (χ1n) is 16.4. The van der Waals surface area contributed by atoms with Crippen molar-refractivity contribution in [2.24, 2.45) is 0 Å². The van der Waals surface area contributed by atoms with Gasteiger partial charge in [-0.05, 0) is 112 Å². The summed E-state index contributed by atoms with van der Waals surface area (Å²) in [6.45, 7) is 0. The van der Waals surface area contributed by atoms with Gasteiger partial charge in [0.1, 0.15) is 0 Å². The lowest BCUT2D eigenvalue weighted by Gasteiger charge is -2.25. The maximum absolute atomic E-state index is 2.31. The number of nitrogens with zero attached hydrogens (tertiary/aromatic N) is 2. The zero-order chi connectivity index (χ0) is 32.1. The minimum Gasteiger partial charge on any atom is -0.311 e. The molecule has 0 aliphatic rings. The molecule has 2 heteroatoms. The van der Waals surface area contributed by atoms with E-state index in [0.717, 1.165) is 34.1 Å². The zero-order valence-corrected chi connectivity index (χ0v) is 26.5. The largest absolute Gasteiger partial charge is 0.311 e. The Balaban J connectivity index is 1.10. The van der Waals surface area contributed by atoms with Crippen molar-refractivity contribution >= 4 is 44.9 Å². The number of benzene rings is 8. The standard InChI is InChI=1S/C46H34N2/c1-5-15-39(16-6-1)47(40-17-7-2-8-18-40)43-29-24-35(25-30-43)37-28-33-46-38(34-37)14-13-23-45(46)36-26-31-44(32-27-36)48(41-19-9-3-10-20-41)42-21-11-4-12-22-42/h1-34H. The van der Waals surface area contributed by atoms with Gasteiger partial charge in [0.05, 0.1) is 0 Å². The topological polar surface area (TPSA) is 6.48 Å². The molecular formula is C46H34N2. The highest BCUT2D eigenvalue weighted by molar-refractivity contribution is 5.99. The number of hydrogen-bond acceptors (Lipinski definition) is 2. The summed E-state index contributed by atoms with van der Waals surface area (Å²) in [5.74, 6) is 0. The van der Waals surface area contributed by atoms with Crippen molar-refractivity contribution in [1.29, 1.82) is 0 Å². The van der Waals surface area contributed by atoms with Crippen LogP contribution >= 0.6 is 0 Å². The van der Waals surface area contributed by atoms with Crippen LogP contribution in [-0.4, -0.2) is 0 Å². The molecule has 2 nitrogen and oxygen atoms in total. The van der Waals surface area contributed by atoms with Crippen LogP contribution < -0.4 is 9.80 Å². The van der Waals surface area contributed by atoms with E-state index >= 15 is 0 Å². The van der Waals surface area contributed by atoms with Crippen molar-refractivity contribution in [3.63, 3.8) is 0 Å². The number of rotatable bonds is 8. The van der Waals surface area contributed by atoms with Gasteiger partial charge in [-0.1, -0.05) is 127 Å². The van der Waals surface area contributed by atoms with Crippen LogP contribution in [0.15, 0.2) is 206 Å². The summed E-state index contributed by atoms with van der Waals surface area (Å²) in [4.78, 5) is 4.59. The summed E-state index contributed by atoms with van der Waals surface area (Å²) < 4.78 is 0. The lowest BCUT2D eigenvalue weighted by Crippen LogP contribution is -2.09. The summed E-state index contributed by atoms with van der Waals surface area (Å²) in [6, 6.07) is 73.3. The van der Waals surface area contributed by atoms with E-state index in [2.05, 4.69) is 216 Å². The van der Waals surface area contributed by atoms with Crippen molar-refractivity contribution in [2.45, 2.75) is 0 Å². The minimum atomic E-state index is 1.13. The quantitative estimate of drug-likeness (QED) is 0.168. The molecule has 0 saturated carbocycles. The average Bonchev–Trinajstić information content (AvgIpc) is 3.17. The van der Waals surface area contributed by atoms with E-state index in [1.165, 1.54) is 33.0 Å². The SMILES string of the molecule is c1ccc(N(c2ccccc2)c2ccc(-c3ccc4c(-c5ccc(N(c6ccccc6)c6ccccc6)cc5)cccc4c3)cc2)cc1. The first-order chi connectivity index (χ1) is 23.8. The molecule has 0 radical (unpaired) electrons. The smallest absolute Gasteiger partial charge is 0.0462 e. The van der Waals surface area contributed by atoms with E-state index < -0.39 is 0 Å². The van der Waals surface area contributed by atoms with E-state index in [1.807, 2.05) is 0 Å². The van der Waals surface area contributed by atoms with Crippen molar-refractivity contribution in [1.82, 2.24) is 0 Å². The highest BCUT2D eigenvalue weighted by atomic mass is 15.1. The molecule has 0 unspecified atom stereocenters. The predicted octanol–water partition coefficient (Wildman–Crippen LogP) is 13.1. The molecule has 0 amide bonds. The molecule has 228 valence electrons. The van der Waals surface area contributed by atoms with Gasteiger partial charge in [-0.25, -0.2) is 0 Å². The van der Waals surface area contributed by atoms with Gasteiger partial charge < -0.3 is 9.80 Å². The first kappa shape index (κ1) is 29.1. The van der Waals surface area contributed by atoms with Crippen LogP contribution in [0.25, 0.3) is 33.0 Å². The molecule has 8 rings (SSSR count). The Labute approximate surface area is 282 Å². The maximum atomic E-state index is 2.31. The molecule has 0 N–H and O–H groups in total. The molecule has 8 aromatic rings. The molecule has 0 saturated heterocycles. The molecule has 0 aliphatic heterocycles. The predicted molar refractivity (Wildman–Crippen MR) is 204 cm³/mol. The Morgan fingerprint density at radius 1 is 0.250 bits per heavy atom. The molecule has 0 heterocycles. The lowest BCUT2D eigenvalue weighted by molar-refractivity contribution is 1.28. The number of hydrogen-bond donors (Lipinski definition) is 0. The molecule has 0 aromatic heterocycles. The normalized spacial score (nSPS) is 10.9. The van der Waals surface area contributed by atoms with Crippen molar-refractivity contribution in [3.8, 4) is 22.3 Å². The monoisotopic (exact) mass is 614 g/mol. The van der Waals surface area contributed by atoms with Crippen molar-refractivity contribution in [2.75, 3.05) is 9.80 Å². The number of fused-ring (bicyclic) bond motifs is 1. The summed E-state index contributed by atoms with van der Waals surface area (Å²) >= 11 is 0. The van der Waals surface area contributed by atoms with Crippen LogP contribution in [0.3, 0.4) is 0 Å². The van der Waals surface area contributed by atoms with Crippen LogP contribution in [0.5, 0.6) is 0 Å². The van der Waals surface area contributed by atoms with Crippen LogP contribution in [-0.2, 0) is 0 Å². The Kier molecular flexibility index (Phi) is 7.96. The van der Waals surface area contributed by atoms with E-state index in [1.54, 1.807) is 0 Å². The third-order valence-corrected chi connectivity index (χ3v) is 8.83. The Morgan fingerprint density at radius 2 is 0.625 bits per heavy atom. The van der Waals surface area contributed by atoms with Gasteiger partial charge in [0.25, 0.3) is 0 Å². The van der Waals surface area contributed by atoms with Gasteiger partial charge in [-0.2, -0.15) is 0 Å². The fourth-order valence-corrected chi connectivity index (χ4v) is 6.51. The van der Waals surface area contributed by atoms with Crippen LogP contribution in [0.4, 0.5) is 34.1 Å². The van der Waals surface area contributed by atoms with E-state index in [9.17, 15) is 0 Å². The summed E-state index contributed by atoms with van der Waals surface area (Å²) in [7, 11) is 0. The van der Waals surface area contributed by atoms with E-state index in [0.29, 0.717) is 0 Å². The lowest BCUT2D eigenvalue weighted by atomic mass is 9.95. The second-order valence-corrected chi connectivity index (χ2v) is 11.8. The Bertz CT molecular complexity index is 2170. The molecule has 0 bridgehead atoms. The molecular weight excluding hydrogens is 581 g/mol. The highest BCUT2D eigenvalue weighted by Gasteiger charge is 2.14. The first-order valence-corrected chi connectivity index (χ1v) is 16.4. The molecule has 0 aliphatic carbocycles. The molecule has 0 fully saturated rings. The van der Waals surface area contributed by atoms with Crippen molar-refractivity contribution in [3.05, 3.63) is 206 Å². The van der Waals surface area contributed by atoms with Gasteiger partial charge in [0.2, 0.25) is 0 Å². The average molecular weight is 615 g/mol. The third-order valence-electron chi connectivity index (χ3n) is 8.83. The van der Waals surface area contributed by atoms with Gasteiger partial charge in [-0.3, -0.25) is 0 Å². The van der Waals surface area contributed by atoms with E-state index in [-0.39, 0.29) is 0 Å². The van der Waals surface area contributed by atoms with Crippen LogP contribution in [0.2, 0.25) is 0 Å². The fourth-order valence-electron chi connectivity index (χ4n) is 6.51. The minimum absolute atomic E-state index is 1.13. The van der Waals surface area contributed by atoms with Gasteiger partial charge in [0.15, 0.2) is 0 Å². The second-order valence-electron chi connectivity index (χ2n) is 11.8. The molecule has 8 aromatic carbocycles. The van der Waals surface area contributed by atoms with Crippen LogP contribution in [0.1, 0.15) is 0 Å². The zero-order valence-electron chi connectivity index (χ0n) is 26.5.